The molecule has 1 amide bonds. The standard InChI is InChI=1S/C20H22ClN5O3/c21-19-7-2-1-5-17(19)14-24-8-10-25(11-9-24)15-20(27)23-22-13-16-4-3-6-18(12-16)26(28)29/h1-7,12-13H,8-11,14-15H2,(H,23,27). The van der Waals surface area contributed by atoms with Gasteiger partial charge in [-0.05, 0) is 11.6 Å². The van der Waals surface area contributed by atoms with E-state index >= 15 is 0 Å². The molecule has 0 spiro atoms. The lowest BCUT2D eigenvalue weighted by Crippen LogP contribution is -2.48. The van der Waals surface area contributed by atoms with Crippen LogP contribution in [-0.2, 0) is 11.3 Å². The monoisotopic (exact) mass is 415 g/mol. The molecule has 0 aliphatic carbocycles. The third kappa shape index (κ3) is 6.35. The second kappa shape index (κ2) is 10.1. The van der Waals surface area contributed by atoms with Gasteiger partial charge in [-0.2, -0.15) is 5.10 Å². The minimum Gasteiger partial charge on any atom is -0.296 e. The van der Waals surface area contributed by atoms with Crippen molar-refractivity contribution in [3.05, 3.63) is 74.8 Å². The molecule has 0 aromatic heterocycles. The summed E-state index contributed by atoms with van der Waals surface area (Å²) in [7, 11) is 0. The number of carbonyl (C=O) groups is 1. The normalized spacial score (nSPS) is 15.5. The van der Waals surface area contributed by atoms with Crippen LogP contribution < -0.4 is 5.43 Å². The highest BCUT2D eigenvalue weighted by atomic mass is 35.5. The Morgan fingerprint density at radius 3 is 2.59 bits per heavy atom. The van der Waals surface area contributed by atoms with Crippen LogP contribution in [0.2, 0.25) is 5.02 Å². The molecule has 3 rings (SSSR count). The highest BCUT2D eigenvalue weighted by molar-refractivity contribution is 6.31. The van der Waals surface area contributed by atoms with Crippen LogP contribution in [0.5, 0.6) is 0 Å². The lowest BCUT2D eigenvalue weighted by Gasteiger charge is -2.34. The predicted molar refractivity (Wildman–Crippen MR) is 112 cm³/mol. The van der Waals surface area contributed by atoms with Gasteiger partial charge in [-0.3, -0.25) is 24.7 Å². The number of piperazine rings is 1. The number of amides is 1. The first-order chi connectivity index (χ1) is 14.0. The van der Waals surface area contributed by atoms with Gasteiger partial charge in [0.2, 0.25) is 0 Å². The fourth-order valence-electron chi connectivity index (χ4n) is 3.11. The SMILES string of the molecule is O=C(CN1CCN(Cc2ccccc2Cl)CC1)NN=Cc1cccc([N+](=O)[O-])c1. The van der Waals surface area contributed by atoms with Crippen LogP contribution in [0.3, 0.4) is 0 Å². The van der Waals surface area contributed by atoms with E-state index in [-0.39, 0.29) is 18.1 Å². The molecule has 1 aliphatic rings. The maximum absolute atomic E-state index is 12.1. The average molecular weight is 416 g/mol. The van der Waals surface area contributed by atoms with Crippen molar-refractivity contribution in [3.63, 3.8) is 0 Å². The Balaban J connectivity index is 1.41. The van der Waals surface area contributed by atoms with Crippen LogP contribution >= 0.6 is 11.6 Å². The molecule has 0 unspecified atom stereocenters. The molecule has 1 saturated heterocycles. The van der Waals surface area contributed by atoms with E-state index in [4.69, 9.17) is 11.6 Å². The van der Waals surface area contributed by atoms with Crippen molar-refractivity contribution in [1.29, 1.82) is 0 Å². The van der Waals surface area contributed by atoms with Crippen molar-refractivity contribution >= 4 is 29.4 Å². The van der Waals surface area contributed by atoms with Crippen molar-refractivity contribution in [2.45, 2.75) is 6.54 Å². The fraction of sp³-hybridized carbons (Fsp3) is 0.300. The van der Waals surface area contributed by atoms with Gasteiger partial charge in [-0.25, -0.2) is 5.43 Å². The summed E-state index contributed by atoms with van der Waals surface area (Å²) in [4.78, 5) is 26.8. The molecule has 0 saturated carbocycles. The summed E-state index contributed by atoms with van der Waals surface area (Å²) in [5.74, 6) is -0.216. The number of hydrogen-bond donors (Lipinski definition) is 1. The van der Waals surface area contributed by atoms with E-state index in [1.54, 1.807) is 12.1 Å². The number of hydrogen-bond acceptors (Lipinski definition) is 6. The molecule has 1 heterocycles. The molecule has 9 heteroatoms. The Hall–Kier alpha value is -2.81. The van der Waals surface area contributed by atoms with Gasteiger partial charge in [-0.1, -0.05) is 41.9 Å². The number of nitrogens with one attached hydrogen (secondary N) is 1. The molecule has 0 bridgehead atoms. The van der Waals surface area contributed by atoms with Gasteiger partial charge in [0.25, 0.3) is 11.6 Å². The molecule has 2 aromatic carbocycles. The van der Waals surface area contributed by atoms with Gasteiger partial charge in [-0.15, -0.1) is 0 Å². The van der Waals surface area contributed by atoms with Crippen molar-refractivity contribution in [2.75, 3.05) is 32.7 Å². The molecule has 1 aliphatic heterocycles. The average Bonchev–Trinajstić information content (AvgIpc) is 2.71. The third-order valence-corrected chi connectivity index (χ3v) is 5.04. The topological polar surface area (TPSA) is 91.1 Å². The predicted octanol–water partition coefficient (Wildman–Crippen LogP) is 2.52. The van der Waals surface area contributed by atoms with Crippen LogP contribution in [0.25, 0.3) is 0 Å². The first kappa shape index (κ1) is 20.9. The van der Waals surface area contributed by atoms with Crippen LogP contribution in [-0.4, -0.2) is 59.6 Å². The van der Waals surface area contributed by atoms with Crippen LogP contribution in [0.4, 0.5) is 5.69 Å². The minimum absolute atomic E-state index is 0.0186. The van der Waals surface area contributed by atoms with E-state index in [1.807, 2.05) is 24.3 Å². The fourth-order valence-corrected chi connectivity index (χ4v) is 3.30. The molecule has 1 N–H and O–H groups in total. The molecular weight excluding hydrogens is 394 g/mol. The summed E-state index contributed by atoms with van der Waals surface area (Å²) in [6.45, 7) is 4.34. The number of nitro benzene ring substituents is 1. The summed E-state index contributed by atoms with van der Waals surface area (Å²) >= 11 is 6.22. The number of hydrazone groups is 1. The molecule has 2 aromatic rings. The highest BCUT2D eigenvalue weighted by Gasteiger charge is 2.19. The smallest absolute Gasteiger partial charge is 0.270 e. The molecular formula is C20H22ClN5O3. The highest BCUT2D eigenvalue weighted by Crippen LogP contribution is 2.17. The van der Waals surface area contributed by atoms with Gasteiger partial charge in [0.05, 0.1) is 17.7 Å². The Labute approximate surface area is 173 Å². The Morgan fingerprint density at radius 2 is 1.86 bits per heavy atom. The zero-order valence-electron chi connectivity index (χ0n) is 15.8. The zero-order chi connectivity index (χ0) is 20.6. The largest absolute Gasteiger partial charge is 0.296 e. The van der Waals surface area contributed by atoms with Crippen LogP contribution in [0.15, 0.2) is 53.6 Å². The number of nitrogens with zero attached hydrogens (tertiary/aromatic N) is 4. The van der Waals surface area contributed by atoms with Gasteiger partial charge in [0.15, 0.2) is 0 Å². The van der Waals surface area contributed by atoms with Gasteiger partial charge >= 0.3 is 0 Å². The van der Waals surface area contributed by atoms with E-state index < -0.39 is 4.92 Å². The Bertz CT molecular complexity index is 897. The van der Waals surface area contributed by atoms with Crippen LogP contribution in [0, 0.1) is 10.1 Å². The molecule has 8 nitrogen and oxygen atoms in total. The van der Waals surface area contributed by atoms with E-state index in [0.717, 1.165) is 43.3 Å². The number of halogens is 1. The van der Waals surface area contributed by atoms with Crippen molar-refractivity contribution in [1.82, 2.24) is 15.2 Å². The number of nitro groups is 1. The lowest BCUT2D eigenvalue weighted by molar-refractivity contribution is -0.384. The second-order valence-corrected chi connectivity index (χ2v) is 7.20. The molecule has 0 atom stereocenters. The first-order valence-corrected chi connectivity index (χ1v) is 9.63. The number of non-ortho nitro benzene ring substituents is 1. The van der Waals surface area contributed by atoms with Crippen LogP contribution in [0.1, 0.15) is 11.1 Å². The number of rotatable bonds is 7. The number of carbonyl (C=O) groups excluding carboxylic acids is 1. The van der Waals surface area contributed by atoms with Gasteiger partial charge in [0, 0.05) is 55.4 Å². The lowest BCUT2D eigenvalue weighted by atomic mass is 10.2. The molecule has 1 fully saturated rings. The minimum atomic E-state index is -0.471. The summed E-state index contributed by atoms with van der Waals surface area (Å²) in [6.07, 6.45) is 1.40. The maximum atomic E-state index is 12.1. The van der Waals surface area contributed by atoms with Gasteiger partial charge in [0.1, 0.15) is 0 Å². The zero-order valence-corrected chi connectivity index (χ0v) is 16.6. The number of benzene rings is 2. The third-order valence-electron chi connectivity index (χ3n) is 4.67. The van der Waals surface area contributed by atoms with E-state index in [9.17, 15) is 14.9 Å². The second-order valence-electron chi connectivity index (χ2n) is 6.79. The maximum Gasteiger partial charge on any atom is 0.270 e. The molecule has 152 valence electrons. The quantitative estimate of drug-likeness (QED) is 0.426. The van der Waals surface area contributed by atoms with Crippen molar-refractivity contribution in [2.24, 2.45) is 5.10 Å². The van der Waals surface area contributed by atoms with Crippen molar-refractivity contribution in [3.8, 4) is 0 Å². The molecule has 29 heavy (non-hydrogen) atoms. The first-order valence-electron chi connectivity index (χ1n) is 9.26. The Morgan fingerprint density at radius 1 is 1.14 bits per heavy atom. The summed E-state index contributed by atoms with van der Waals surface area (Å²) < 4.78 is 0. The van der Waals surface area contributed by atoms with Crippen molar-refractivity contribution < 1.29 is 9.72 Å². The summed E-state index contributed by atoms with van der Waals surface area (Å²) in [5, 5.41) is 15.4. The van der Waals surface area contributed by atoms with E-state index in [0.29, 0.717) is 5.56 Å². The van der Waals surface area contributed by atoms with E-state index in [2.05, 4.69) is 20.3 Å². The summed E-state index contributed by atoms with van der Waals surface area (Å²) in [5.41, 5.74) is 4.11. The Kier molecular flexibility index (Phi) is 7.29. The van der Waals surface area contributed by atoms with E-state index in [1.165, 1.54) is 18.3 Å². The van der Waals surface area contributed by atoms with Gasteiger partial charge < -0.3 is 0 Å². The molecule has 0 radical (unpaired) electrons. The summed E-state index contributed by atoms with van der Waals surface area (Å²) in [6, 6.07) is 13.9.